The molecule has 0 aliphatic carbocycles. The molecule has 0 unspecified atom stereocenters. The highest BCUT2D eigenvalue weighted by molar-refractivity contribution is 6.31. The molecule has 35 heavy (non-hydrogen) atoms. The number of carbonyl (C=O) groups is 3. The van der Waals surface area contributed by atoms with Crippen molar-refractivity contribution >= 4 is 35.0 Å². The largest absolute Gasteiger partial charge is 0.490 e. The standard InChI is InChI=1S/C26H26ClN3O5/c1-18-22(27)11-6-12-23(18)28-24(31)13-14-25(32)29-30-26(33)19-7-5-10-21(17-19)35-16-15-34-20-8-3-2-4-9-20/h2-12,17H,13-16H2,1H3,(H,28,31)(H,29,32)(H,30,33). The lowest BCUT2D eigenvalue weighted by Gasteiger charge is -2.11. The number of halogens is 1. The van der Waals surface area contributed by atoms with Gasteiger partial charge in [0.05, 0.1) is 0 Å². The minimum Gasteiger partial charge on any atom is -0.490 e. The molecule has 0 saturated heterocycles. The Kier molecular flexibility index (Phi) is 9.50. The quantitative estimate of drug-likeness (QED) is 0.287. The highest BCUT2D eigenvalue weighted by Gasteiger charge is 2.12. The third-order valence-corrected chi connectivity index (χ3v) is 5.31. The van der Waals surface area contributed by atoms with E-state index in [0.717, 1.165) is 11.3 Å². The van der Waals surface area contributed by atoms with Gasteiger partial charge < -0.3 is 14.8 Å². The smallest absolute Gasteiger partial charge is 0.269 e. The van der Waals surface area contributed by atoms with Crippen molar-refractivity contribution in [2.75, 3.05) is 18.5 Å². The zero-order valence-corrected chi connectivity index (χ0v) is 19.9. The van der Waals surface area contributed by atoms with Gasteiger partial charge in [-0.15, -0.1) is 0 Å². The van der Waals surface area contributed by atoms with Crippen molar-refractivity contribution in [3.05, 3.63) is 88.9 Å². The van der Waals surface area contributed by atoms with E-state index in [-0.39, 0.29) is 18.7 Å². The minimum absolute atomic E-state index is 0.0535. The molecule has 182 valence electrons. The third-order valence-electron chi connectivity index (χ3n) is 4.90. The average Bonchev–Trinajstić information content (AvgIpc) is 2.87. The van der Waals surface area contributed by atoms with Gasteiger partial charge in [-0.3, -0.25) is 25.2 Å². The number of anilines is 1. The maximum absolute atomic E-state index is 12.4. The second kappa shape index (κ2) is 13.0. The van der Waals surface area contributed by atoms with Crippen LogP contribution in [0.2, 0.25) is 5.02 Å². The van der Waals surface area contributed by atoms with Crippen molar-refractivity contribution in [2.45, 2.75) is 19.8 Å². The fourth-order valence-electron chi connectivity index (χ4n) is 3.01. The third kappa shape index (κ3) is 8.35. The van der Waals surface area contributed by atoms with Gasteiger partial charge in [0.25, 0.3) is 5.91 Å². The van der Waals surface area contributed by atoms with Gasteiger partial charge in [-0.1, -0.05) is 41.9 Å². The van der Waals surface area contributed by atoms with Gasteiger partial charge >= 0.3 is 0 Å². The van der Waals surface area contributed by atoms with Gasteiger partial charge in [-0.25, -0.2) is 0 Å². The number of rotatable bonds is 10. The number of amides is 3. The molecular weight excluding hydrogens is 470 g/mol. The molecule has 0 fully saturated rings. The summed E-state index contributed by atoms with van der Waals surface area (Å²) in [6, 6.07) is 21.1. The molecule has 0 heterocycles. The van der Waals surface area contributed by atoms with Crippen LogP contribution in [0.15, 0.2) is 72.8 Å². The second-order valence-corrected chi connectivity index (χ2v) is 7.91. The Balaban J connectivity index is 1.38. The molecule has 3 amide bonds. The predicted octanol–water partition coefficient (Wildman–Crippen LogP) is 4.29. The van der Waals surface area contributed by atoms with E-state index in [9.17, 15) is 14.4 Å². The number of benzene rings is 3. The molecule has 0 aromatic heterocycles. The molecule has 0 bridgehead atoms. The van der Waals surface area contributed by atoms with Gasteiger partial charge in [0.2, 0.25) is 11.8 Å². The molecule has 3 aromatic carbocycles. The monoisotopic (exact) mass is 495 g/mol. The first-order valence-corrected chi connectivity index (χ1v) is 11.3. The van der Waals surface area contributed by atoms with Crippen molar-refractivity contribution in [3.8, 4) is 11.5 Å². The normalized spacial score (nSPS) is 10.2. The first-order chi connectivity index (χ1) is 16.9. The Labute approximate surface area is 208 Å². The van der Waals surface area contributed by atoms with Crippen LogP contribution >= 0.6 is 11.6 Å². The zero-order valence-electron chi connectivity index (χ0n) is 19.2. The SMILES string of the molecule is Cc1c(Cl)cccc1NC(=O)CCC(=O)NNC(=O)c1cccc(OCCOc2ccccc2)c1. The van der Waals surface area contributed by atoms with Gasteiger partial charge in [0.1, 0.15) is 24.7 Å². The molecule has 0 aliphatic heterocycles. The lowest BCUT2D eigenvalue weighted by atomic mass is 10.2. The summed E-state index contributed by atoms with van der Waals surface area (Å²) in [5, 5.41) is 3.26. The highest BCUT2D eigenvalue weighted by Crippen LogP contribution is 2.23. The molecule has 0 radical (unpaired) electrons. The summed E-state index contributed by atoms with van der Waals surface area (Å²) < 4.78 is 11.2. The van der Waals surface area contributed by atoms with Gasteiger partial charge in [-0.2, -0.15) is 0 Å². The molecule has 0 atom stereocenters. The fraction of sp³-hybridized carbons (Fsp3) is 0.192. The number of nitrogens with one attached hydrogen (secondary N) is 3. The molecule has 9 heteroatoms. The second-order valence-electron chi connectivity index (χ2n) is 7.50. The maximum atomic E-state index is 12.4. The Morgan fingerprint density at radius 2 is 1.43 bits per heavy atom. The number of carbonyl (C=O) groups excluding carboxylic acids is 3. The van der Waals surface area contributed by atoms with Crippen molar-refractivity contribution in [1.29, 1.82) is 0 Å². The molecule has 0 saturated carbocycles. The van der Waals surface area contributed by atoms with Gasteiger partial charge in [0, 0.05) is 29.1 Å². The Hall–Kier alpha value is -4.04. The molecule has 0 spiro atoms. The predicted molar refractivity (Wildman–Crippen MR) is 134 cm³/mol. The van der Waals surface area contributed by atoms with Crippen LogP contribution in [0.25, 0.3) is 0 Å². The first-order valence-electron chi connectivity index (χ1n) is 11.0. The molecule has 0 aliphatic rings. The highest BCUT2D eigenvalue weighted by atomic mass is 35.5. The molecule has 8 nitrogen and oxygen atoms in total. The molecule has 3 rings (SSSR count). The lowest BCUT2D eigenvalue weighted by Crippen LogP contribution is -2.41. The number of hydrogen-bond acceptors (Lipinski definition) is 5. The number of ether oxygens (including phenoxy) is 2. The van der Waals surface area contributed by atoms with E-state index in [1.807, 2.05) is 30.3 Å². The average molecular weight is 496 g/mol. The Morgan fingerprint density at radius 1 is 0.771 bits per heavy atom. The minimum atomic E-state index is -0.511. The number of hydrazine groups is 1. The summed E-state index contributed by atoms with van der Waals surface area (Å²) in [7, 11) is 0. The van der Waals surface area contributed by atoms with Crippen molar-refractivity contribution in [2.24, 2.45) is 0 Å². The summed E-state index contributed by atoms with van der Waals surface area (Å²) in [6.07, 6.45) is -0.154. The number of hydrogen-bond donors (Lipinski definition) is 3. The molecule has 3 N–H and O–H groups in total. The van der Waals surface area contributed by atoms with Gasteiger partial charge in [0.15, 0.2) is 0 Å². The van der Waals surface area contributed by atoms with E-state index in [2.05, 4.69) is 16.2 Å². The molecular formula is C26H26ClN3O5. The Bertz CT molecular complexity index is 1170. The Morgan fingerprint density at radius 3 is 2.20 bits per heavy atom. The van der Waals surface area contributed by atoms with E-state index in [1.165, 1.54) is 0 Å². The summed E-state index contributed by atoms with van der Waals surface area (Å²) in [5.41, 5.74) is 6.29. The van der Waals surface area contributed by atoms with E-state index in [0.29, 0.717) is 35.2 Å². The van der Waals surface area contributed by atoms with Crippen LogP contribution in [0.5, 0.6) is 11.5 Å². The van der Waals surface area contributed by atoms with Crippen molar-refractivity contribution in [3.63, 3.8) is 0 Å². The first kappa shape index (κ1) is 25.6. The van der Waals surface area contributed by atoms with E-state index in [1.54, 1.807) is 49.4 Å². The van der Waals surface area contributed by atoms with Crippen LogP contribution in [-0.4, -0.2) is 30.9 Å². The topological polar surface area (TPSA) is 106 Å². The summed E-state index contributed by atoms with van der Waals surface area (Å²) in [5.74, 6) is -0.103. The van der Waals surface area contributed by atoms with E-state index >= 15 is 0 Å². The number of para-hydroxylation sites is 1. The van der Waals surface area contributed by atoms with Crippen molar-refractivity contribution in [1.82, 2.24) is 10.9 Å². The summed E-state index contributed by atoms with van der Waals surface area (Å²) in [6.45, 7) is 2.44. The lowest BCUT2D eigenvalue weighted by molar-refractivity contribution is -0.124. The van der Waals surface area contributed by atoms with E-state index < -0.39 is 11.8 Å². The van der Waals surface area contributed by atoms with Crippen LogP contribution in [0.1, 0.15) is 28.8 Å². The van der Waals surface area contributed by atoms with Crippen molar-refractivity contribution < 1.29 is 23.9 Å². The van der Waals surface area contributed by atoms with Crippen LogP contribution < -0.4 is 25.6 Å². The maximum Gasteiger partial charge on any atom is 0.269 e. The molecule has 3 aromatic rings. The fourth-order valence-corrected chi connectivity index (χ4v) is 3.18. The van der Waals surface area contributed by atoms with Crippen LogP contribution in [0.4, 0.5) is 5.69 Å². The van der Waals surface area contributed by atoms with Crippen LogP contribution in [0.3, 0.4) is 0 Å². The summed E-state index contributed by atoms with van der Waals surface area (Å²) >= 11 is 6.04. The van der Waals surface area contributed by atoms with Crippen LogP contribution in [0, 0.1) is 6.92 Å². The summed E-state index contributed by atoms with van der Waals surface area (Å²) in [4.78, 5) is 36.5. The van der Waals surface area contributed by atoms with E-state index in [4.69, 9.17) is 21.1 Å². The van der Waals surface area contributed by atoms with Gasteiger partial charge in [-0.05, 0) is 55.0 Å². The zero-order chi connectivity index (χ0) is 25.0. The van der Waals surface area contributed by atoms with Crippen LogP contribution in [-0.2, 0) is 9.59 Å².